The lowest BCUT2D eigenvalue weighted by Crippen LogP contribution is -2.08. The molecule has 0 aliphatic heterocycles. The summed E-state index contributed by atoms with van der Waals surface area (Å²) in [5.41, 5.74) is 0.450. The van der Waals surface area contributed by atoms with Crippen molar-refractivity contribution < 1.29 is 14.3 Å². The van der Waals surface area contributed by atoms with E-state index in [1.165, 1.54) is 28.8 Å². The molecule has 1 heterocycles. The van der Waals surface area contributed by atoms with Crippen LogP contribution in [-0.2, 0) is 0 Å². The maximum atomic E-state index is 13.7. The van der Waals surface area contributed by atoms with E-state index in [2.05, 4.69) is 10.3 Å². The van der Waals surface area contributed by atoms with Gasteiger partial charge in [0.25, 0.3) is 0 Å². The molecule has 2 rings (SSSR count). The topological polar surface area (TPSA) is 86.0 Å². The minimum absolute atomic E-state index is 0.0287. The lowest BCUT2D eigenvalue weighted by Gasteiger charge is -2.13. The summed E-state index contributed by atoms with van der Waals surface area (Å²) in [6.07, 6.45) is 0. The highest BCUT2D eigenvalue weighted by Gasteiger charge is 2.15. The number of halogens is 1. The SMILES string of the molecule is CC(Nc1ccc(C#N)cc1F)c1nc(C(=O)O)cs1. The molecule has 2 aromatic rings. The summed E-state index contributed by atoms with van der Waals surface area (Å²) in [6, 6.07) is 5.62. The minimum atomic E-state index is -1.09. The first kappa shape index (κ1) is 14.0. The van der Waals surface area contributed by atoms with E-state index in [4.69, 9.17) is 10.4 Å². The number of hydrogen-bond donors (Lipinski definition) is 2. The second-order valence-corrected chi connectivity index (χ2v) is 4.94. The molecule has 1 aromatic heterocycles. The molecule has 0 fully saturated rings. The number of carboxylic acids is 1. The molecule has 1 aromatic carbocycles. The van der Waals surface area contributed by atoms with E-state index in [0.717, 1.165) is 6.07 Å². The predicted octanol–water partition coefficient (Wildman–Crippen LogP) is 3.03. The van der Waals surface area contributed by atoms with E-state index >= 15 is 0 Å². The van der Waals surface area contributed by atoms with Crippen molar-refractivity contribution in [2.24, 2.45) is 0 Å². The summed E-state index contributed by atoms with van der Waals surface area (Å²) in [7, 11) is 0. The van der Waals surface area contributed by atoms with Crippen LogP contribution in [0.2, 0.25) is 0 Å². The van der Waals surface area contributed by atoms with Gasteiger partial charge >= 0.3 is 5.97 Å². The maximum absolute atomic E-state index is 13.7. The summed E-state index contributed by atoms with van der Waals surface area (Å²) in [5.74, 6) is -1.63. The molecule has 0 aliphatic rings. The fourth-order valence-electron chi connectivity index (χ4n) is 1.58. The number of carboxylic acid groups (broad SMARTS) is 1. The molecule has 0 saturated carbocycles. The van der Waals surface area contributed by atoms with Gasteiger partial charge in [-0.05, 0) is 25.1 Å². The van der Waals surface area contributed by atoms with E-state index in [0.29, 0.717) is 5.01 Å². The van der Waals surface area contributed by atoms with Crippen molar-refractivity contribution in [1.29, 1.82) is 5.26 Å². The zero-order chi connectivity index (χ0) is 14.7. The first-order valence-electron chi connectivity index (χ1n) is 5.66. The fourth-order valence-corrected chi connectivity index (χ4v) is 2.38. The molecule has 7 heteroatoms. The predicted molar refractivity (Wildman–Crippen MR) is 72.2 cm³/mol. The number of nitrogens with one attached hydrogen (secondary N) is 1. The van der Waals surface area contributed by atoms with Crippen molar-refractivity contribution in [2.45, 2.75) is 13.0 Å². The molecule has 0 amide bonds. The molecule has 0 spiro atoms. The Bertz CT molecular complexity index is 693. The molecular formula is C13H10FN3O2S. The van der Waals surface area contributed by atoms with E-state index in [1.54, 1.807) is 6.92 Å². The number of carbonyl (C=O) groups is 1. The van der Waals surface area contributed by atoms with Crippen molar-refractivity contribution >= 4 is 23.0 Å². The molecule has 1 atom stereocenters. The summed E-state index contributed by atoms with van der Waals surface area (Å²) in [6.45, 7) is 1.75. The van der Waals surface area contributed by atoms with Crippen molar-refractivity contribution in [3.05, 3.63) is 45.7 Å². The number of anilines is 1. The van der Waals surface area contributed by atoms with Crippen LogP contribution in [0, 0.1) is 17.1 Å². The fraction of sp³-hybridized carbons (Fsp3) is 0.154. The van der Waals surface area contributed by atoms with Gasteiger partial charge in [0.15, 0.2) is 5.69 Å². The molecule has 102 valence electrons. The van der Waals surface area contributed by atoms with Gasteiger partial charge in [0.05, 0.1) is 23.4 Å². The van der Waals surface area contributed by atoms with E-state index < -0.39 is 11.8 Å². The zero-order valence-electron chi connectivity index (χ0n) is 10.4. The second-order valence-electron chi connectivity index (χ2n) is 4.05. The van der Waals surface area contributed by atoms with Crippen LogP contribution < -0.4 is 5.32 Å². The Kier molecular flexibility index (Phi) is 3.96. The molecular weight excluding hydrogens is 281 g/mol. The first-order valence-corrected chi connectivity index (χ1v) is 6.54. The number of hydrogen-bond acceptors (Lipinski definition) is 5. The van der Waals surface area contributed by atoms with E-state index in [1.807, 2.05) is 6.07 Å². The van der Waals surface area contributed by atoms with Gasteiger partial charge in [-0.3, -0.25) is 0 Å². The van der Waals surface area contributed by atoms with E-state index in [-0.39, 0.29) is 23.0 Å². The van der Waals surface area contributed by atoms with Gasteiger partial charge in [-0.1, -0.05) is 0 Å². The third kappa shape index (κ3) is 2.92. The number of aromatic carboxylic acids is 1. The molecule has 0 aliphatic carbocycles. The highest BCUT2D eigenvalue weighted by molar-refractivity contribution is 7.09. The second kappa shape index (κ2) is 5.67. The molecule has 5 nitrogen and oxygen atoms in total. The normalized spacial score (nSPS) is 11.7. The van der Waals surface area contributed by atoms with Gasteiger partial charge < -0.3 is 10.4 Å². The number of benzene rings is 1. The highest BCUT2D eigenvalue weighted by atomic mass is 32.1. The van der Waals surface area contributed by atoms with Crippen LogP contribution in [0.5, 0.6) is 0 Å². The summed E-state index contributed by atoms with van der Waals surface area (Å²) in [5, 5.41) is 22.4. The van der Waals surface area contributed by atoms with Crippen LogP contribution in [-0.4, -0.2) is 16.1 Å². The van der Waals surface area contributed by atoms with Crippen molar-refractivity contribution in [2.75, 3.05) is 5.32 Å². The number of aromatic nitrogens is 1. The Balaban J connectivity index is 2.16. The number of thiazole rings is 1. The lowest BCUT2D eigenvalue weighted by atomic mass is 10.2. The maximum Gasteiger partial charge on any atom is 0.355 e. The quantitative estimate of drug-likeness (QED) is 0.904. The van der Waals surface area contributed by atoms with Crippen LogP contribution in [0.4, 0.5) is 10.1 Å². The van der Waals surface area contributed by atoms with Gasteiger partial charge in [0.2, 0.25) is 0 Å². The standard InChI is InChI=1S/C13H10FN3O2S/c1-7(12-17-11(6-20-12)13(18)19)16-10-3-2-8(5-15)4-9(10)14/h2-4,6-7,16H,1H3,(H,18,19). The Hall–Kier alpha value is -2.46. The van der Waals surface area contributed by atoms with Gasteiger partial charge in [-0.2, -0.15) is 5.26 Å². The van der Waals surface area contributed by atoms with Crippen LogP contribution >= 0.6 is 11.3 Å². The highest BCUT2D eigenvalue weighted by Crippen LogP contribution is 2.24. The Morgan fingerprint density at radius 3 is 2.90 bits per heavy atom. The zero-order valence-corrected chi connectivity index (χ0v) is 11.2. The number of nitriles is 1. The van der Waals surface area contributed by atoms with E-state index in [9.17, 15) is 9.18 Å². The number of rotatable bonds is 4. The summed E-state index contributed by atoms with van der Waals surface area (Å²) in [4.78, 5) is 14.7. The molecule has 2 N–H and O–H groups in total. The smallest absolute Gasteiger partial charge is 0.355 e. The molecule has 0 bridgehead atoms. The average Bonchev–Trinajstić information content (AvgIpc) is 2.91. The molecule has 0 saturated heterocycles. The van der Waals surface area contributed by atoms with Crippen LogP contribution in [0.25, 0.3) is 0 Å². The Morgan fingerprint density at radius 2 is 2.35 bits per heavy atom. The van der Waals surface area contributed by atoms with Crippen LogP contribution in [0.15, 0.2) is 23.6 Å². The van der Waals surface area contributed by atoms with Gasteiger partial charge in [-0.15, -0.1) is 11.3 Å². The van der Waals surface area contributed by atoms with Crippen LogP contribution in [0.3, 0.4) is 0 Å². The lowest BCUT2D eigenvalue weighted by molar-refractivity contribution is 0.0691. The molecule has 20 heavy (non-hydrogen) atoms. The van der Waals surface area contributed by atoms with Crippen molar-refractivity contribution in [3.8, 4) is 6.07 Å². The third-order valence-electron chi connectivity index (χ3n) is 2.58. The van der Waals surface area contributed by atoms with Gasteiger partial charge in [-0.25, -0.2) is 14.2 Å². The molecule has 0 radical (unpaired) electrons. The van der Waals surface area contributed by atoms with Gasteiger partial charge in [0, 0.05) is 5.38 Å². The summed E-state index contributed by atoms with van der Waals surface area (Å²) >= 11 is 1.19. The largest absolute Gasteiger partial charge is 0.476 e. The summed E-state index contributed by atoms with van der Waals surface area (Å²) < 4.78 is 13.7. The monoisotopic (exact) mass is 291 g/mol. The van der Waals surface area contributed by atoms with Crippen molar-refractivity contribution in [3.63, 3.8) is 0 Å². The van der Waals surface area contributed by atoms with Crippen LogP contribution in [0.1, 0.15) is 34.0 Å². The van der Waals surface area contributed by atoms with Crippen molar-refractivity contribution in [1.82, 2.24) is 4.98 Å². The third-order valence-corrected chi connectivity index (χ3v) is 3.61. The average molecular weight is 291 g/mol. The first-order chi connectivity index (χ1) is 9.51. The number of nitrogens with zero attached hydrogens (tertiary/aromatic N) is 2. The Labute approximate surface area is 118 Å². The van der Waals surface area contributed by atoms with Gasteiger partial charge in [0.1, 0.15) is 10.8 Å². The Morgan fingerprint density at radius 1 is 1.60 bits per heavy atom. The minimum Gasteiger partial charge on any atom is -0.476 e. The molecule has 1 unspecified atom stereocenters.